The summed E-state index contributed by atoms with van der Waals surface area (Å²) in [7, 11) is 0. The molecule has 4 heterocycles. The number of likely N-dealkylation sites (tertiary alicyclic amines) is 1. The minimum Gasteiger partial charge on any atom is -0.489 e. The van der Waals surface area contributed by atoms with Crippen LogP contribution in [0.1, 0.15) is 66.2 Å². The van der Waals surface area contributed by atoms with Crippen molar-refractivity contribution >= 4 is 29.3 Å². The lowest BCUT2D eigenvalue weighted by Gasteiger charge is -2.47. The molecule has 10 heteroatoms. The second-order valence-electron chi connectivity index (χ2n) is 10.1. The third kappa shape index (κ3) is 4.35. The number of fused-ring (bicyclic) bond motifs is 1. The molecular formula is C26H28ClN5O4. The fraction of sp³-hybridized carbons (Fsp3) is 0.500. The molecule has 6 rings (SSSR count). The fourth-order valence-corrected chi connectivity index (χ4v) is 6.01. The summed E-state index contributed by atoms with van der Waals surface area (Å²) in [5.74, 6) is 1.05. The van der Waals surface area contributed by atoms with Gasteiger partial charge in [0.25, 0.3) is 5.91 Å². The second-order valence-corrected chi connectivity index (χ2v) is 10.6. The minimum absolute atomic E-state index is 0.0761. The van der Waals surface area contributed by atoms with Crippen LogP contribution in [0, 0.1) is 0 Å². The van der Waals surface area contributed by atoms with E-state index < -0.39 is 11.9 Å². The Hall–Kier alpha value is -3.04. The molecular weight excluding hydrogens is 482 g/mol. The van der Waals surface area contributed by atoms with Gasteiger partial charge < -0.3 is 9.64 Å². The van der Waals surface area contributed by atoms with Crippen LogP contribution >= 0.6 is 11.6 Å². The average Bonchev–Trinajstić information content (AvgIpc) is 3.16. The Labute approximate surface area is 214 Å². The molecule has 0 radical (unpaired) electrons. The first-order chi connectivity index (χ1) is 17.5. The van der Waals surface area contributed by atoms with Gasteiger partial charge in [-0.2, -0.15) is 0 Å². The van der Waals surface area contributed by atoms with Crippen LogP contribution in [-0.4, -0.2) is 68.8 Å². The number of aromatic nitrogens is 2. The van der Waals surface area contributed by atoms with Gasteiger partial charge in [0.15, 0.2) is 0 Å². The molecule has 3 fully saturated rings. The lowest BCUT2D eigenvalue weighted by molar-refractivity contribution is -0.136. The van der Waals surface area contributed by atoms with Crippen LogP contribution in [0.2, 0.25) is 5.02 Å². The molecule has 0 unspecified atom stereocenters. The van der Waals surface area contributed by atoms with Crippen LogP contribution in [0.25, 0.3) is 0 Å². The topological polar surface area (TPSA) is 105 Å². The predicted octanol–water partition coefficient (Wildman–Crippen LogP) is 2.68. The quantitative estimate of drug-likeness (QED) is 0.618. The van der Waals surface area contributed by atoms with E-state index in [0.717, 1.165) is 49.5 Å². The number of ether oxygens (including phenoxy) is 1. The summed E-state index contributed by atoms with van der Waals surface area (Å²) in [6.07, 6.45) is 8.37. The van der Waals surface area contributed by atoms with Gasteiger partial charge in [-0.25, -0.2) is 9.97 Å². The van der Waals surface area contributed by atoms with E-state index in [9.17, 15) is 14.4 Å². The van der Waals surface area contributed by atoms with Gasteiger partial charge in [-0.1, -0.05) is 18.0 Å². The van der Waals surface area contributed by atoms with Gasteiger partial charge in [0.05, 0.1) is 5.02 Å². The van der Waals surface area contributed by atoms with Crippen molar-refractivity contribution in [1.29, 1.82) is 0 Å². The van der Waals surface area contributed by atoms with Crippen LogP contribution in [0.3, 0.4) is 0 Å². The number of amides is 3. The molecule has 2 aromatic rings. The first-order valence-electron chi connectivity index (χ1n) is 12.6. The highest BCUT2D eigenvalue weighted by atomic mass is 35.5. The van der Waals surface area contributed by atoms with E-state index in [0.29, 0.717) is 35.5 Å². The molecule has 3 amide bonds. The van der Waals surface area contributed by atoms with E-state index in [1.807, 2.05) is 12.1 Å². The number of carbonyl (C=O) groups is 3. The number of nitrogens with zero attached hydrogens (tertiary/aromatic N) is 4. The SMILES string of the molecule is O=C1CC[C@@H](N2Cc3cc(O[C@@H]4CCCC[C@H]4N4CC(c5ncc(Cl)cn5)C4)ccc3C2=O)C(=O)N1. The van der Waals surface area contributed by atoms with Gasteiger partial charge in [0, 0.05) is 56.0 Å². The van der Waals surface area contributed by atoms with Crippen molar-refractivity contribution in [2.24, 2.45) is 0 Å². The van der Waals surface area contributed by atoms with E-state index in [-0.39, 0.29) is 24.3 Å². The van der Waals surface area contributed by atoms with Crippen LogP contribution in [0.15, 0.2) is 30.6 Å². The monoisotopic (exact) mass is 509 g/mol. The maximum atomic E-state index is 13.0. The standard InChI is InChI=1S/C26H28ClN5O4/c27-17-10-28-24(29-11-17)16-12-31(13-16)20-3-1-2-4-22(20)36-18-5-6-19-15(9-18)14-32(26(19)35)21-7-8-23(33)30-25(21)34/h5-6,9-11,16,20-22H,1-4,7-8,12-14H2,(H,30,33,34)/t20-,21-,22-/m1/s1. The summed E-state index contributed by atoms with van der Waals surface area (Å²) in [6, 6.07) is 5.31. The van der Waals surface area contributed by atoms with Gasteiger partial charge >= 0.3 is 0 Å². The maximum Gasteiger partial charge on any atom is 0.255 e. The molecule has 36 heavy (non-hydrogen) atoms. The Balaban J connectivity index is 1.11. The molecule has 1 saturated carbocycles. The highest BCUT2D eigenvalue weighted by Gasteiger charge is 2.41. The number of benzene rings is 1. The number of rotatable bonds is 5. The third-order valence-corrected chi connectivity index (χ3v) is 8.03. The summed E-state index contributed by atoms with van der Waals surface area (Å²) in [5.41, 5.74) is 1.46. The summed E-state index contributed by atoms with van der Waals surface area (Å²) >= 11 is 5.92. The first kappa shape index (κ1) is 23.4. The number of imide groups is 1. The molecule has 0 bridgehead atoms. The van der Waals surface area contributed by atoms with E-state index in [1.54, 1.807) is 23.4 Å². The highest BCUT2D eigenvalue weighted by Crippen LogP contribution is 2.36. The Morgan fingerprint density at radius 2 is 1.81 bits per heavy atom. The Morgan fingerprint density at radius 1 is 1.03 bits per heavy atom. The summed E-state index contributed by atoms with van der Waals surface area (Å²) in [5, 5.41) is 2.89. The molecule has 188 valence electrons. The zero-order chi connectivity index (χ0) is 24.8. The van der Waals surface area contributed by atoms with Gasteiger partial charge in [-0.05, 0) is 49.4 Å². The third-order valence-electron chi connectivity index (χ3n) is 7.83. The van der Waals surface area contributed by atoms with Crippen molar-refractivity contribution in [3.63, 3.8) is 0 Å². The Kier molecular flexibility index (Phi) is 6.13. The normalized spacial score (nSPS) is 27.0. The molecule has 1 aromatic heterocycles. The van der Waals surface area contributed by atoms with Crippen LogP contribution in [0.5, 0.6) is 5.75 Å². The molecule has 1 aromatic carbocycles. The number of piperidine rings is 1. The van der Waals surface area contributed by atoms with Gasteiger partial charge in [0.1, 0.15) is 23.7 Å². The second kappa shape index (κ2) is 9.44. The minimum atomic E-state index is -0.612. The van der Waals surface area contributed by atoms with Gasteiger partial charge in [0.2, 0.25) is 11.8 Å². The van der Waals surface area contributed by atoms with Gasteiger partial charge in [-0.15, -0.1) is 0 Å². The molecule has 2 saturated heterocycles. The Morgan fingerprint density at radius 3 is 2.58 bits per heavy atom. The van der Waals surface area contributed by atoms with Crippen molar-refractivity contribution < 1.29 is 19.1 Å². The number of halogens is 1. The van der Waals surface area contributed by atoms with Crippen molar-refractivity contribution in [3.05, 3.63) is 52.6 Å². The molecule has 1 aliphatic carbocycles. The number of hydrogen-bond donors (Lipinski definition) is 1. The zero-order valence-corrected chi connectivity index (χ0v) is 20.6. The lowest BCUT2D eigenvalue weighted by atomic mass is 9.86. The predicted molar refractivity (Wildman–Crippen MR) is 131 cm³/mol. The summed E-state index contributed by atoms with van der Waals surface area (Å²) in [4.78, 5) is 49.6. The fourth-order valence-electron chi connectivity index (χ4n) is 5.91. The molecule has 3 aliphatic heterocycles. The number of hydrogen-bond acceptors (Lipinski definition) is 7. The van der Waals surface area contributed by atoms with E-state index >= 15 is 0 Å². The van der Waals surface area contributed by atoms with Crippen molar-refractivity contribution in [2.45, 2.75) is 69.2 Å². The lowest BCUT2D eigenvalue weighted by Crippen LogP contribution is -2.57. The Bertz CT molecular complexity index is 1200. The van der Waals surface area contributed by atoms with Crippen molar-refractivity contribution in [2.75, 3.05) is 13.1 Å². The molecule has 0 spiro atoms. The van der Waals surface area contributed by atoms with Crippen LogP contribution in [0.4, 0.5) is 0 Å². The number of nitrogens with one attached hydrogen (secondary N) is 1. The van der Waals surface area contributed by atoms with Crippen LogP contribution in [-0.2, 0) is 16.1 Å². The van der Waals surface area contributed by atoms with Crippen molar-refractivity contribution in [1.82, 2.24) is 25.1 Å². The average molecular weight is 510 g/mol. The summed E-state index contributed by atoms with van der Waals surface area (Å²) < 4.78 is 6.51. The zero-order valence-electron chi connectivity index (χ0n) is 19.9. The first-order valence-corrected chi connectivity index (χ1v) is 13.0. The number of carbonyl (C=O) groups excluding carboxylic acids is 3. The van der Waals surface area contributed by atoms with Crippen molar-refractivity contribution in [3.8, 4) is 5.75 Å². The maximum absolute atomic E-state index is 13.0. The van der Waals surface area contributed by atoms with Gasteiger partial charge in [-0.3, -0.25) is 24.6 Å². The van der Waals surface area contributed by atoms with E-state index in [1.165, 1.54) is 6.42 Å². The molecule has 1 N–H and O–H groups in total. The largest absolute Gasteiger partial charge is 0.489 e. The molecule has 4 aliphatic rings. The summed E-state index contributed by atoms with van der Waals surface area (Å²) in [6.45, 7) is 2.16. The van der Waals surface area contributed by atoms with Crippen LogP contribution < -0.4 is 10.1 Å². The van der Waals surface area contributed by atoms with E-state index in [4.69, 9.17) is 16.3 Å². The molecule has 9 nitrogen and oxygen atoms in total. The van der Waals surface area contributed by atoms with E-state index in [2.05, 4.69) is 20.2 Å². The highest BCUT2D eigenvalue weighted by molar-refractivity contribution is 6.30. The smallest absolute Gasteiger partial charge is 0.255 e. The molecule has 3 atom stereocenters.